The maximum absolute atomic E-state index is 11.5. The van der Waals surface area contributed by atoms with Gasteiger partial charge in [-0.15, -0.1) is 11.3 Å². The lowest BCUT2D eigenvalue weighted by atomic mass is 9.62. The smallest absolute Gasteiger partial charge is 0.305 e. The van der Waals surface area contributed by atoms with Gasteiger partial charge in [-0.2, -0.15) is 5.26 Å². The van der Waals surface area contributed by atoms with Crippen LogP contribution in [0.25, 0.3) is 0 Å². The molecular formula is C28H38ClNO5S. The molecule has 1 aromatic heterocycles. The van der Waals surface area contributed by atoms with Crippen LogP contribution < -0.4 is 0 Å². The van der Waals surface area contributed by atoms with Crippen molar-refractivity contribution in [2.75, 3.05) is 13.2 Å². The lowest BCUT2D eigenvalue weighted by molar-refractivity contribution is -0.144. The fourth-order valence-electron chi connectivity index (χ4n) is 5.52. The van der Waals surface area contributed by atoms with Crippen molar-refractivity contribution in [1.82, 2.24) is 0 Å². The molecule has 0 bridgehead atoms. The Labute approximate surface area is 223 Å². The van der Waals surface area contributed by atoms with Gasteiger partial charge in [-0.3, -0.25) is 4.79 Å². The van der Waals surface area contributed by atoms with Crippen molar-refractivity contribution in [3.8, 4) is 6.07 Å². The lowest BCUT2D eigenvalue weighted by Gasteiger charge is -2.45. The number of hydrogen-bond acceptors (Lipinski definition) is 7. The van der Waals surface area contributed by atoms with E-state index in [0.717, 1.165) is 36.4 Å². The summed E-state index contributed by atoms with van der Waals surface area (Å²) in [4.78, 5) is 12.7. The van der Waals surface area contributed by atoms with Crippen LogP contribution in [0.2, 0.25) is 4.34 Å². The third-order valence-electron chi connectivity index (χ3n) is 7.73. The average Bonchev–Trinajstić information content (AvgIpc) is 3.38. The molecule has 2 fully saturated rings. The number of nitriles is 1. The number of esters is 1. The van der Waals surface area contributed by atoms with Gasteiger partial charge < -0.3 is 20.1 Å². The molecule has 198 valence electrons. The first-order valence-corrected chi connectivity index (χ1v) is 14.2. The minimum Gasteiger partial charge on any atom is -0.463 e. The molecule has 2 saturated carbocycles. The molecule has 0 aliphatic heterocycles. The highest BCUT2D eigenvalue weighted by atomic mass is 35.5. The maximum Gasteiger partial charge on any atom is 0.305 e. The summed E-state index contributed by atoms with van der Waals surface area (Å²) in [5.41, 5.74) is -0.103. The van der Waals surface area contributed by atoms with Gasteiger partial charge in [-0.1, -0.05) is 42.3 Å². The molecule has 2 aliphatic carbocycles. The van der Waals surface area contributed by atoms with Crippen LogP contribution in [0.1, 0.15) is 62.7 Å². The highest BCUT2D eigenvalue weighted by Gasteiger charge is 2.44. The molecule has 8 heteroatoms. The number of allylic oxidation sites excluding steroid dienone is 2. The van der Waals surface area contributed by atoms with Gasteiger partial charge in [0.1, 0.15) is 6.61 Å². The SMILES string of the molecule is N#C[C@@H]1C[C@@H](O)[C@H](/C=C/CC(O)C2(Cc3ccc(Cl)s3)CCC2)[C@H]1C/C=C\CCCC(=O)OCCO. The molecule has 3 rings (SSSR count). The maximum atomic E-state index is 11.5. The number of aliphatic hydroxyl groups is 3. The van der Waals surface area contributed by atoms with Crippen LogP contribution in [-0.4, -0.2) is 46.7 Å². The molecule has 36 heavy (non-hydrogen) atoms. The van der Waals surface area contributed by atoms with E-state index in [-0.39, 0.29) is 42.4 Å². The predicted octanol–water partition coefficient (Wildman–Crippen LogP) is 5.21. The Morgan fingerprint density at radius 2 is 2.14 bits per heavy atom. The fraction of sp³-hybridized carbons (Fsp3) is 0.643. The molecule has 1 heterocycles. The van der Waals surface area contributed by atoms with E-state index in [1.807, 2.05) is 36.4 Å². The van der Waals surface area contributed by atoms with E-state index >= 15 is 0 Å². The summed E-state index contributed by atoms with van der Waals surface area (Å²) in [5, 5.41) is 40.0. The quantitative estimate of drug-likeness (QED) is 0.171. The zero-order valence-corrected chi connectivity index (χ0v) is 22.3. The average molecular weight is 536 g/mol. The van der Waals surface area contributed by atoms with Crippen LogP contribution in [0, 0.1) is 34.5 Å². The van der Waals surface area contributed by atoms with E-state index in [9.17, 15) is 20.3 Å². The molecule has 1 unspecified atom stereocenters. The summed E-state index contributed by atoms with van der Waals surface area (Å²) in [6, 6.07) is 6.32. The highest BCUT2D eigenvalue weighted by Crippen LogP contribution is 2.49. The van der Waals surface area contributed by atoms with E-state index in [4.69, 9.17) is 21.4 Å². The summed E-state index contributed by atoms with van der Waals surface area (Å²) in [6.45, 7) is -0.135. The second kappa shape index (κ2) is 14.3. The minimum absolute atomic E-state index is 0.0232. The van der Waals surface area contributed by atoms with Crippen LogP contribution in [0.4, 0.5) is 0 Å². The van der Waals surface area contributed by atoms with Crippen molar-refractivity contribution in [1.29, 1.82) is 5.26 Å². The van der Waals surface area contributed by atoms with Gasteiger partial charge in [-0.05, 0) is 69.4 Å². The van der Waals surface area contributed by atoms with Crippen molar-refractivity contribution < 1.29 is 24.9 Å². The number of carbonyl (C=O) groups is 1. The van der Waals surface area contributed by atoms with Gasteiger partial charge in [0.25, 0.3) is 0 Å². The van der Waals surface area contributed by atoms with E-state index in [1.165, 1.54) is 4.88 Å². The van der Waals surface area contributed by atoms with Crippen molar-refractivity contribution in [3.63, 3.8) is 0 Å². The number of ether oxygens (including phenoxy) is 1. The molecule has 0 aromatic carbocycles. The molecule has 0 saturated heterocycles. The van der Waals surface area contributed by atoms with Gasteiger partial charge in [0.2, 0.25) is 0 Å². The summed E-state index contributed by atoms with van der Waals surface area (Å²) < 4.78 is 5.62. The number of halogens is 1. The Morgan fingerprint density at radius 3 is 2.78 bits per heavy atom. The minimum atomic E-state index is -0.561. The Hall–Kier alpha value is -1.69. The van der Waals surface area contributed by atoms with Gasteiger partial charge in [-0.25, -0.2) is 0 Å². The molecule has 0 amide bonds. The lowest BCUT2D eigenvalue weighted by Crippen LogP contribution is -2.42. The van der Waals surface area contributed by atoms with E-state index in [1.54, 1.807) is 11.3 Å². The van der Waals surface area contributed by atoms with Crippen LogP contribution in [0.3, 0.4) is 0 Å². The van der Waals surface area contributed by atoms with Crippen LogP contribution >= 0.6 is 22.9 Å². The zero-order chi connectivity index (χ0) is 26.0. The molecule has 5 atom stereocenters. The van der Waals surface area contributed by atoms with Gasteiger partial charge >= 0.3 is 5.97 Å². The summed E-state index contributed by atoms with van der Waals surface area (Å²) in [6.07, 6.45) is 14.4. The molecule has 0 radical (unpaired) electrons. The zero-order valence-electron chi connectivity index (χ0n) is 20.7. The predicted molar refractivity (Wildman–Crippen MR) is 141 cm³/mol. The highest BCUT2D eigenvalue weighted by molar-refractivity contribution is 7.16. The first kappa shape index (κ1) is 28.9. The molecule has 1 aromatic rings. The van der Waals surface area contributed by atoms with Crippen molar-refractivity contribution in [2.24, 2.45) is 23.2 Å². The van der Waals surface area contributed by atoms with Gasteiger partial charge in [0.05, 0.1) is 35.1 Å². The standard InChI is InChI=1S/C28H38ClNO5S/c29-26-12-11-21(36-26)18-28(13-6-14-28)25(33)9-5-8-23-22(20(19-30)17-24(23)32)7-3-1-2-4-10-27(34)35-16-15-31/h1,3,5,8,11-12,20,22-25,31-33H,2,4,6-7,9-10,13-18H2/b3-1-,8-5+/t20-,22-,23+,24+,25?/m0/s1. The van der Waals surface area contributed by atoms with Crippen molar-refractivity contribution >= 4 is 28.9 Å². The van der Waals surface area contributed by atoms with Crippen LogP contribution in [-0.2, 0) is 16.0 Å². The number of unbranched alkanes of at least 4 members (excludes halogenated alkanes) is 1. The van der Waals surface area contributed by atoms with Crippen molar-refractivity contribution in [2.45, 2.75) is 76.4 Å². The molecule has 2 aliphatic rings. The largest absolute Gasteiger partial charge is 0.463 e. The number of aliphatic hydroxyl groups excluding tert-OH is 3. The molecule has 6 nitrogen and oxygen atoms in total. The monoisotopic (exact) mass is 535 g/mol. The first-order valence-electron chi connectivity index (χ1n) is 13.0. The molecular weight excluding hydrogens is 498 g/mol. The van der Waals surface area contributed by atoms with E-state index in [2.05, 4.69) is 6.07 Å². The summed E-state index contributed by atoms with van der Waals surface area (Å²) >= 11 is 7.67. The number of hydrogen-bond donors (Lipinski definition) is 3. The Kier molecular flexibility index (Phi) is 11.5. The molecule has 3 N–H and O–H groups in total. The molecule has 0 spiro atoms. The number of carbonyl (C=O) groups excluding carboxylic acids is 1. The Bertz CT molecular complexity index is 935. The fourth-order valence-corrected chi connectivity index (χ4v) is 6.76. The third-order valence-corrected chi connectivity index (χ3v) is 8.96. The Balaban J connectivity index is 1.50. The number of thiophene rings is 1. The number of nitrogens with zero attached hydrogens (tertiary/aromatic N) is 1. The second-order valence-electron chi connectivity index (χ2n) is 10.1. The first-order chi connectivity index (χ1) is 17.4. The summed E-state index contributed by atoms with van der Waals surface area (Å²) in [7, 11) is 0. The van der Waals surface area contributed by atoms with E-state index < -0.39 is 12.2 Å². The second-order valence-corrected chi connectivity index (χ2v) is 11.9. The van der Waals surface area contributed by atoms with Gasteiger partial charge in [0, 0.05) is 22.6 Å². The van der Waals surface area contributed by atoms with E-state index in [0.29, 0.717) is 32.1 Å². The topological polar surface area (TPSA) is 111 Å². The number of rotatable bonds is 14. The van der Waals surface area contributed by atoms with Crippen LogP contribution in [0.15, 0.2) is 36.4 Å². The Morgan fingerprint density at radius 1 is 1.33 bits per heavy atom. The van der Waals surface area contributed by atoms with Gasteiger partial charge in [0.15, 0.2) is 0 Å². The van der Waals surface area contributed by atoms with Crippen LogP contribution in [0.5, 0.6) is 0 Å². The summed E-state index contributed by atoms with van der Waals surface area (Å²) in [5.74, 6) is -0.612. The third kappa shape index (κ3) is 7.90. The van der Waals surface area contributed by atoms with Crippen molar-refractivity contribution in [3.05, 3.63) is 45.7 Å². The normalized spacial score (nSPS) is 26.2.